The van der Waals surface area contributed by atoms with Crippen LogP contribution in [0.4, 0.5) is 0 Å². The number of benzene rings is 1. The number of hydrogen-bond acceptors (Lipinski definition) is 3. The third-order valence-electron chi connectivity index (χ3n) is 3.54. The van der Waals surface area contributed by atoms with Crippen LogP contribution >= 0.6 is 11.3 Å². The second-order valence-corrected chi connectivity index (χ2v) is 5.78. The van der Waals surface area contributed by atoms with Crippen molar-refractivity contribution < 1.29 is 4.74 Å². The molecule has 1 aliphatic heterocycles. The van der Waals surface area contributed by atoms with E-state index in [1.165, 1.54) is 28.6 Å². The molecule has 0 saturated carbocycles. The third-order valence-corrected chi connectivity index (χ3v) is 4.80. The number of likely N-dealkylation sites (N-methyl/N-ethyl adjacent to an activating group) is 1. The molecule has 0 aliphatic carbocycles. The molecule has 0 N–H and O–H groups in total. The molecule has 3 heteroatoms. The Bertz CT molecular complexity index is 546. The summed E-state index contributed by atoms with van der Waals surface area (Å²) in [4.78, 5) is 3.96. The normalized spacial score (nSPS) is 16.8. The molecule has 0 spiro atoms. The summed E-state index contributed by atoms with van der Waals surface area (Å²) < 4.78 is 6.89. The van der Waals surface area contributed by atoms with Crippen LogP contribution < -0.4 is 4.74 Å². The number of nitrogens with zero attached hydrogens (tertiary/aromatic N) is 1. The van der Waals surface area contributed by atoms with Crippen molar-refractivity contribution in [2.75, 3.05) is 27.2 Å². The SMILES string of the molecule is COc1cccc2sc3c(c12)CCN(C)CC3. The lowest BCUT2D eigenvalue weighted by atomic mass is 10.1. The first kappa shape index (κ1) is 11.1. The molecule has 0 fully saturated rings. The average Bonchev–Trinajstić information content (AvgIpc) is 2.61. The fourth-order valence-corrected chi connectivity index (χ4v) is 3.83. The van der Waals surface area contributed by atoms with Crippen LogP contribution in [0.1, 0.15) is 10.4 Å². The third kappa shape index (κ3) is 1.83. The van der Waals surface area contributed by atoms with E-state index in [9.17, 15) is 0 Å². The van der Waals surface area contributed by atoms with Crippen molar-refractivity contribution in [1.29, 1.82) is 0 Å². The average molecular weight is 247 g/mol. The fourth-order valence-electron chi connectivity index (χ4n) is 2.57. The van der Waals surface area contributed by atoms with Gasteiger partial charge in [0.05, 0.1) is 7.11 Å². The lowest BCUT2D eigenvalue weighted by Crippen LogP contribution is -2.20. The molecule has 0 atom stereocenters. The topological polar surface area (TPSA) is 12.5 Å². The van der Waals surface area contributed by atoms with E-state index in [1.807, 2.05) is 11.3 Å². The summed E-state index contributed by atoms with van der Waals surface area (Å²) in [5.41, 5.74) is 1.52. The number of ether oxygens (including phenoxy) is 1. The Morgan fingerprint density at radius 3 is 2.88 bits per heavy atom. The maximum absolute atomic E-state index is 5.51. The highest BCUT2D eigenvalue weighted by atomic mass is 32.1. The quantitative estimate of drug-likeness (QED) is 0.768. The minimum Gasteiger partial charge on any atom is -0.496 e. The molecule has 0 saturated heterocycles. The molecule has 0 unspecified atom stereocenters. The monoisotopic (exact) mass is 247 g/mol. The fraction of sp³-hybridized carbons (Fsp3) is 0.429. The number of rotatable bonds is 1. The van der Waals surface area contributed by atoms with Crippen molar-refractivity contribution in [3.05, 3.63) is 28.6 Å². The van der Waals surface area contributed by atoms with E-state index in [1.54, 1.807) is 12.0 Å². The lowest BCUT2D eigenvalue weighted by Gasteiger charge is -2.11. The molecule has 1 aromatic heterocycles. The van der Waals surface area contributed by atoms with Gasteiger partial charge < -0.3 is 9.64 Å². The van der Waals surface area contributed by atoms with E-state index in [4.69, 9.17) is 4.74 Å². The van der Waals surface area contributed by atoms with E-state index < -0.39 is 0 Å². The molecule has 2 nitrogen and oxygen atoms in total. The Balaban J connectivity index is 2.19. The van der Waals surface area contributed by atoms with Gasteiger partial charge in [-0.05, 0) is 37.6 Å². The summed E-state index contributed by atoms with van der Waals surface area (Å²) in [6.07, 6.45) is 2.32. The zero-order valence-electron chi connectivity index (χ0n) is 10.3. The maximum Gasteiger partial charge on any atom is 0.127 e. The Labute approximate surface area is 106 Å². The predicted molar refractivity (Wildman–Crippen MR) is 73.3 cm³/mol. The molecule has 1 aromatic carbocycles. The molecule has 0 radical (unpaired) electrons. The summed E-state index contributed by atoms with van der Waals surface area (Å²) in [6.45, 7) is 2.32. The van der Waals surface area contributed by atoms with Crippen LogP contribution in [-0.2, 0) is 12.8 Å². The summed E-state index contributed by atoms with van der Waals surface area (Å²) in [5, 5.41) is 1.35. The smallest absolute Gasteiger partial charge is 0.127 e. The van der Waals surface area contributed by atoms with Crippen molar-refractivity contribution in [2.24, 2.45) is 0 Å². The standard InChI is InChI=1S/C14H17NOS/c1-15-8-6-10-12(7-9-15)17-13-5-3-4-11(16-2)14(10)13/h3-5H,6-9H2,1-2H3. The van der Waals surface area contributed by atoms with Gasteiger partial charge in [-0.15, -0.1) is 11.3 Å². The molecule has 1 aliphatic rings. The zero-order chi connectivity index (χ0) is 11.8. The van der Waals surface area contributed by atoms with E-state index in [0.717, 1.165) is 18.7 Å². The maximum atomic E-state index is 5.51. The van der Waals surface area contributed by atoms with Crippen LogP contribution in [0.2, 0.25) is 0 Å². The van der Waals surface area contributed by atoms with Gasteiger partial charge in [0, 0.05) is 28.1 Å². The van der Waals surface area contributed by atoms with Gasteiger partial charge in [-0.25, -0.2) is 0 Å². The van der Waals surface area contributed by atoms with Crippen molar-refractivity contribution in [3.63, 3.8) is 0 Å². The number of fused-ring (bicyclic) bond motifs is 3. The van der Waals surface area contributed by atoms with Gasteiger partial charge in [0.1, 0.15) is 5.75 Å². The van der Waals surface area contributed by atoms with Crippen LogP contribution in [0, 0.1) is 0 Å². The Morgan fingerprint density at radius 2 is 2.06 bits per heavy atom. The van der Waals surface area contributed by atoms with Crippen LogP contribution in [0.5, 0.6) is 5.75 Å². The molecule has 2 heterocycles. The summed E-state index contributed by atoms with van der Waals surface area (Å²) >= 11 is 1.94. The molecular formula is C14H17NOS. The highest BCUT2D eigenvalue weighted by molar-refractivity contribution is 7.19. The number of thiophene rings is 1. The van der Waals surface area contributed by atoms with Crippen LogP contribution in [0.25, 0.3) is 10.1 Å². The van der Waals surface area contributed by atoms with Gasteiger partial charge >= 0.3 is 0 Å². The second kappa shape index (κ2) is 4.31. The van der Waals surface area contributed by atoms with Gasteiger partial charge in [0.15, 0.2) is 0 Å². The van der Waals surface area contributed by atoms with Crippen molar-refractivity contribution in [2.45, 2.75) is 12.8 Å². The van der Waals surface area contributed by atoms with Crippen LogP contribution in [-0.4, -0.2) is 32.1 Å². The first-order chi connectivity index (χ1) is 8.29. The van der Waals surface area contributed by atoms with E-state index in [-0.39, 0.29) is 0 Å². The molecule has 2 aromatic rings. The van der Waals surface area contributed by atoms with Gasteiger partial charge in [-0.2, -0.15) is 0 Å². The minimum atomic E-state index is 1.03. The largest absolute Gasteiger partial charge is 0.496 e. The van der Waals surface area contributed by atoms with Gasteiger partial charge in [-0.1, -0.05) is 6.07 Å². The van der Waals surface area contributed by atoms with Crippen LogP contribution in [0.15, 0.2) is 18.2 Å². The Kier molecular flexibility index (Phi) is 2.81. The molecule has 3 rings (SSSR count). The molecule has 90 valence electrons. The molecule has 0 bridgehead atoms. The number of hydrogen-bond donors (Lipinski definition) is 0. The van der Waals surface area contributed by atoms with Gasteiger partial charge in [0.2, 0.25) is 0 Å². The van der Waals surface area contributed by atoms with Crippen molar-refractivity contribution in [3.8, 4) is 5.75 Å². The van der Waals surface area contributed by atoms with Crippen LogP contribution in [0.3, 0.4) is 0 Å². The second-order valence-electron chi connectivity index (χ2n) is 4.64. The highest BCUT2D eigenvalue weighted by Crippen LogP contribution is 2.38. The van der Waals surface area contributed by atoms with E-state index in [2.05, 4.69) is 30.1 Å². The number of methoxy groups -OCH3 is 1. The predicted octanol–water partition coefficient (Wildman–Crippen LogP) is 2.94. The van der Waals surface area contributed by atoms with Crippen molar-refractivity contribution in [1.82, 2.24) is 4.90 Å². The van der Waals surface area contributed by atoms with Gasteiger partial charge in [-0.3, -0.25) is 0 Å². The first-order valence-corrected chi connectivity index (χ1v) is 6.87. The van der Waals surface area contributed by atoms with Gasteiger partial charge in [0.25, 0.3) is 0 Å². The lowest BCUT2D eigenvalue weighted by molar-refractivity contribution is 0.353. The summed E-state index contributed by atoms with van der Waals surface area (Å²) in [7, 11) is 3.97. The first-order valence-electron chi connectivity index (χ1n) is 6.05. The van der Waals surface area contributed by atoms with E-state index in [0.29, 0.717) is 0 Å². The summed E-state index contributed by atoms with van der Waals surface area (Å²) in [6, 6.07) is 6.37. The minimum absolute atomic E-state index is 1.03. The molecule has 0 amide bonds. The highest BCUT2D eigenvalue weighted by Gasteiger charge is 2.18. The van der Waals surface area contributed by atoms with Crippen molar-refractivity contribution >= 4 is 21.4 Å². The molecular weight excluding hydrogens is 230 g/mol. The molecule has 17 heavy (non-hydrogen) atoms. The Hall–Kier alpha value is -1.06. The van der Waals surface area contributed by atoms with E-state index >= 15 is 0 Å². The summed E-state index contributed by atoms with van der Waals surface area (Å²) in [5.74, 6) is 1.03. The Morgan fingerprint density at radius 1 is 1.24 bits per heavy atom. The zero-order valence-corrected chi connectivity index (χ0v) is 11.1.